The molecule has 1 N–H and O–H groups in total. The van der Waals surface area contributed by atoms with Gasteiger partial charge in [0.1, 0.15) is 0 Å². The number of rotatable bonds is 3. The van der Waals surface area contributed by atoms with Crippen LogP contribution in [-0.2, 0) is 10.2 Å². The summed E-state index contributed by atoms with van der Waals surface area (Å²) < 4.78 is 5.55. The van der Waals surface area contributed by atoms with Crippen molar-refractivity contribution in [3.05, 3.63) is 34.9 Å². The third-order valence-corrected chi connectivity index (χ3v) is 4.18. The predicted molar refractivity (Wildman–Crippen MR) is 80.9 cm³/mol. The highest BCUT2D eigenvalue weighted by molar-refractivity contribution is 6.31. The largest absolute Gasteiger partial charge is 0.381 e. The molecule has 0 amide bonds. The summed E-state index contributed by atoms with van der Waals surface area (Å²) in [7, 11) is 0. The minimum atomic E-state index is 0.101. The number of ether oxygens (including phenoxy) is 1. The van der Waals surface area contributed by atoms with Crippen LogP contribution in [0.25, 0.3) is 0 Å². The molecule has 1 aliphatic heterocycles. The molecule has 1 aromatic carbocycles. The van der Waals surface area contributed by atoms with Crippen LogP contribution in [0, 0.1) is 0 Å². The molecule has 19 heavy (non-hydrogen) atoms. The average Bonchev–Trinajstić information content (AvgIpc) is 2.37. The molecule has 106 valence electrons. The van der Waals surface area contributed by atoms with E-state index in [1.54, 1.807) is 0 Å². The maximum atomic E-state index is 6.43. The molecule has 1 aliphatic rings. The maximum absolute atomic E-state index is 6.43. The molecule has 2 rings (SSSR count). The Hall–Kier alpha value is -0.570. The smallest absolute Gasteiger partial charge is 0.0475 e. The van der Waals surface area contributed by atoms with E-state index in [1.807, 2.05) is 12.1 Å². The van der Waals surface area contributed by atoms with Crippen LogP contribution in [0.15, 0.2) is 24.3 Å². The third-order valence-electron chi connectivity index (χ3n) is 3.85. The Labute approximate surface area is 121 Å². The molecule has 0 atom stereocenters. The summed E-state index contributed by atoms with van der Waals surface area (Å²) >= 11 is 6.43. The van der Waals surface area contributed by atoms with Crippen molar-refractivity contribution in [1.29, 1.82) is 0 Å². The van der Waals surface area contributed by atoms with Gasteiger partial charge in [0, 0.05) is 35.7 Å². The van der Waals surface area contributed by atoms with Gasteiger partial charge in [0.2, 0.25) is 0 Å². The lowest BCUT2D eigenvalue weighted by Crippen LogP contribution is -2.48. The van der Waals surface area contributed by atoms with E-state index in [0.717, 1.165) is 37.6 Å². The van der Waals surface area contributed by atoms with E-state index in [9.17, 15) is 0 Å². The predicted octanol–water partition coefficient (Wildman–Crippen LogP) is 3.78. The fourth-order valence-electron chi connectivity index (χ4n) is 2.63. The summed E-state index contributed by atoms with van der Waals surface area (Å²) in [6.07, 6.45) is 2.06. The van der Waals surface area contributed by atoms with Crippen molar-refractivity contribution < 1.29 is 4.74 Å². The Morgan fingerprint density at radius 3 is 2.42 bits per heavy atom. The van der Waals surface area contributed by atoms with Crippen LogP contribution in [0.4, 0.5) is 0 Å². The lowest BCUT2D eigenvalue weighted by atomic mass is 9.73. The molecule has 1 heterocycles. The summed E-state index contributed by atoms with van der Waals surface area (Å²) in [5, 5.41) is 4.52. The molecule has 0 unspecified atom stereocenters. The van der Waals surface area contributed by atoms with E-state index in [2.05, 4.69) is 38.2 Å². The van der Waals surface area contributed by atoms with Crippen LogP contribution in [0.3, 0.4) is 0 Å². The van der Waals surface area contributed by atoms with E-state index in [0.29, 0.717) is 0 Å². The standard InChI is InChI=1S/C16H24ClNO/c1-15(2,3)18-12-16(8-10-19-11-9-16)13-6-4-5-7-14(13)17/h4-7,18H,8-12H2,1-3H3. The van der Waals surface area contributed by atoms with Crippen molar-refractivity contribution in [2.24, 2.45) is 0 Å². The van der Waals surface area contributed by atoms with E-state index in [4.69, 9.17) is 16.3 Å². The van der Waals surface area contributed by atoms with Gasteiger partial charge < -0.3 is 10.1 Å². The van der Waals surface area contributed by atoms with Gasteiger partial charge in [0.25, 0.3) is 0 Å². The number of nitrogens with one attached hydrogen (secondary N) is 1. The zero-order valence-corrected chi connectivity index (χ0v) is 12.9. The van der Waals surface area contributed by atoms with Gasteiger partial charge in [-0.2, -0.15) is 0 Å². The number of hydrogen-bond donors (Lipinski definition) is 1. The van der Waals surface area contributed by atoms with Crippen molar-refractivity contribution in [2.75, 3.05) is 19.8 Å². The van der Waals surface area contributed by atoms with Crippen molar-refractivity contribution in [2.45, 2.75) is 44.6 Å². The highest BCUT2D eigenvalue weighted by Crippen LogP contribution is 2.38. The Bertz CT molecular complexity index is 419. The number of benzene rings is 1. The Morgan fingerprint density at radius 1 is 1.21 bits per heavy atom. The van der Waals surface area contributed by atoms with Gasteiger partial charge in [-0.3, -0.25) is 0 Å². The van der Waals surface area contributed by atoms with Crippen molar-refractivity contribution in [3.63, 3.8) is 0 Å². The van der Waals surface area contributed by atoms with Crippen LogP contribution in [0.2, 0.25) is 5.02 Å². The fourth-order valence-corrected chi connectivity index (χ4v) is 2.97. The zero-order chi connectivity index (χ0) is 13.9. The number of hydrogen-bond acceptors (Lipinski definition) is 2. The summed E-state index contributed by atoms with van der Waals surface area (Å²) in [5.74, 6) is 0. The Morgan fingerprint density at radius 2 is 1.84 bits per heavy atom. The fraction of sp³-hybridized carbons (Fsp3) is 0.625. The normalized spacial score (nSPS) is 19.4. The summed E-state index contributed by atoms with van der Waals surface area (Å²) in [6, 6.07) is 8.23. The van der Waals surface area contributed by atoms with Gasteiger partial charge in [-0.25, -0.2) is 0 Å². The lowest BCUT2D eigenvalue weighted by molar-refractivity contribution is 0.0477. The molecule has 3 heteroatoms. The molecule has 0 spiro atoms. The Balaban J connectivity index is 2.27. The molecule has 0 radical (unpaired) electrons. The van der Waals surface area contributed by atoms with Crippen molar-refractivity contribution in [3.8, 4) is 0 Å². The van der Waals surface area contributed by atoms with Gasteiger partial charge in [0.15, 0.2) is 0 Å². The monoisotopic (exact) mass is 281 g/mol. The van der Waals surface area contributed by atoms with Gasteiger partial charge in [-0.1, -0.05) is 29.8 Å². The minimum absolute atomic E-state index is 0.101. The van der Waals surface area contributed by atoms with Crippen LogP contribution in [-0.4, -0.2) is 25.3 Å². The molecule has 0 saturated carbocycles. The zero-order valence-electron chi connectivity index (χ0n) is 12.1. The quantitative estimate of drug-likeness (QED) is 0.910. The van der Waals surface area contributed by atoms with E-state index in [1.165, 1.54) is 5.56 Å². The first-order chi connectivity index (χ1) is 8.93. The first-order valence-corrected chi connectivity index (χ1v) is 7.39. The average molecular weight is 282 g/mol. The topological polar surface area (TPSA) is 21.3 Å². The minimum Gasteiger partial charge on any atom is -0.381 e. The molecular weight excluding hydrogens is 258 g/mol. The molecule has 2 nitrogen and oxygen atoms in total. The summed E-state index contributed by atoms with van der Waals surface area (Å²) in [4.78, 5) is 0. The van der Waals surface area contributed by atoms with Gasteiger partial charge in [0.05, 0.1) is 0 Å². The van der Waals surface area contributed by atoms with E-state index >= 15 is 0 Å². The highest BCUT2D eigenvalue weighted by atomic mass is 35.5. The van der Waals surface area contributed by atoms with Gasteiger partial charge in [-0.15, -0.1) is 0 Å². The van der Waals surface area contributed by atoms with Gasteiger partial charge in [-0.05, 0) is 45.2 Å². The maximum Gasteiger partial charge on any atom is 0.0475 e. The molecule has 0 bridgehead atoms. The second kappa shape index (κ2) is 5.82. The van der Waals surface area contributed by atoms with Gasteiger partial charge >= 0.3 is 0 Å². The molecule has 1 saturated heterocycles. The second-order valence-corrected chi connectivity index (χ2v) is 6.88. The lowest BCUT2D eigenvalue weighted by Gasteiger charge is -2.40. The third kappa shape index (κ3) is 3.71. The van der Waals surface area contributed by atoms with E-state index in [-0.39, 0.29) is 11.0 Å². The second-order valence-electron chi connectivity index (χ2n) is 6.48. The first-order valence-electron chi connectivity index (χ1n) is 7.01. The Kier molecular flexibility index (Phi) is 4.54. The highest BCUT2D eigenvalue weighted by Gasteiger charge is 2.36. The van der Waals surface area contributed by atoms with Crippen molar-refractivity contribution in [1.82, 2.24) is 5.32 Å². The van der Waals surface area contributed by atoms with Crippen molar-refractivity contribution >= 4 is 11.6 Å². The summed E-state index contributed by atoms with van der Waals surface area (Å²) in [5.41, 5.74) is 1.48. The summed E-state index contributed by atoms with van der Waals surface area (Å²) in [6.45, 7) is 9.18. The molecule has 1 aromatic rings. The SMILES string of the molecule is CC(C)(C)NCC1(c2ccccc2Cl)CCOCC1. The van der Waals surface area contributed by atoms with Crippen LogP contribution in [0.5, 0.6) is 0 Å². The van der Waals surface area contributed by atoms with Crippen LogP contribution >= 0.6 is 11.6 Å². The molecular formula is C16H24ClNO. The van der Waals surface area contributed by atoms with Crippen LogP contribution < -0.4 is 5.32 Å². The molecule has 0 aliphatic carbocycles. The van der Waals surface area contributed by atoms with E-state index < -0.39 is 0 Å². The molecule has 1 fully saturated rings. The molecule has 0 aromatic heterocycles. The van der Waals surface area contributed by atoms with Crippen LogP contribution in [0.1, 0.15) is 39.2 Å². The number of halogens is 1. The first kappa shape index (κ1) is 14.8.